The van der Waals surface area contributed by atoms with Crippen molar-refractivity contribution < 1.29 is 0 Å². The maximum Gasteiger partial charge on any atom is 0.147 e. The lowest BCUT2D eigenvalue weighted by molar-refractivity contribution is 0.579. The highest BCUT2D eigenvalue weighted by molar-refractivity contribution is 5.36. The zero-order valence-corrected chi connectivity index (χ0v) is 13.0. The minimum Gasteiger partial charge on any atom is -0.350 e. The maximum atomic E-state index is 4.69. The van der Waals surface area contributed by atoms with E-state index in [1.165, 1.54) is 0 Å². The van der Waals surface area contributed by atoms with Crippen LogP contribution in [0.2, 0.25) is 0 Å². The first kappa shape index (κ1) is 15.4. The maximum absolute atomic E-state index is 4.69. The van der Waals surface area contributed by atoms with E-state index in [4.69, 9.17) is 0 Å². The number of nitrogens with zero attached hydrogens (tertiary/aromatic N) is 4. The molecule has 0 amide bonds. The molecule has 0 saturated carbocycles. The average molecular weight is 285 g/mol. The Labute approximate surface area is 126 Å². The minimum atomic E-state index is 0.436. The average Bonchev–Trinajstić information content (AvgIpc) is 2.52. The van der Waals surface area contributed by atoms with Crippen LogP contribution in [-0.4, -0.2) is 27.5 Å². The molecule has 0 fully saturated rings. The van der Waals surface area contributed by atoms with Crippen molar-refractivity contribution in [3.8, 4) is 0 Å². The van der Waals surface area contributed by atoms with Gasteiger partial charge in [-0.05, 0) is 19.1 Å². The number of pyridine rings is 1. The zero-order valence-electron chi connectivity index (χ0n) is 13.0. The Morgan fingerprint density at radius 3 is 2.71 bits per heavy atom. The minimum absolute atomic E-state index is 0.436. The Hall–Kier alpha value is -2.01. The van der Waals surface area contributed by atoms with Gasteiger partial charge in [-0.2, -0.15) is 0 Å². The van der Waals surface area contributed by atoms with Crippen LogP contribution < -0.4 is 10.2 Å². The SMILES string of the molecule is CCN(Cc1ccccn1)c1cncc(CNC(C)C)n1. The van der Waals surface area contributed by atoms with E-state index < -0.39 is 0 Å². The molecule has 0 spiro atoms. The molecule has 5 heteroatoms. The summed E-state index contributed by atoms with van der Waals surface area (Å²) in [7, 11) is 0. The van der Waals surface area contributed by atoms with E-state index in [1.807, 2.05) is 36.8 Å². The quantitative estimate of drug-likeness (QED) is 0.846. The normalized spacial score (nSPS) is 10.9. The zero-order chi connectivity index (χ0) is 15.1. The molecule has 0 atom stereocenters. The number of nitrogens with one attached hydrogen (secondary N) is 1. The van der Waals surface area contributed by atoms with Crippen molar-refractivity contribution in [1.29, 1.82) is 0 Å². The van der Waals surface area contributed by atoms with Gasteiger partial charge in [0.05, 0.1) is 24.1 Å². The Bertz CT molecular complexity index is 541. The van der Waals surface area contributed by atoms with Gasteiger partial charge in [-0.3, -0.25) is 9.97 Å². The molecule has 0 aliphatic heterocycles. The van der Waals surface area contributed by atoms with Gasteiger partial charge in [0, 0.05) is 31.5 Å². The van der Waals surface area contributed by atoms with Gasteiger partial charge in [-0.15, -0.1) is 0 Å². The number of rotatable bonds is 7. The van der Waals surface area contributed by atoms with Crippen molar-refractivity contribution in [1.82, 2.24) is 20.3 Å². The molecule has 0 aromatic carbocycles. The van der Waals surface area contributed by atoms with Crippen molar-refractivity contribution in [2.24, 2.45) is 0 Å². The third kappa shape index (κ3) is 4.79. The predicted molar refractivity (Wildman–Crippen MR) is 85.0 cm³/mol. The van der Waals surface area contributed by atoms with Crippen LogP contribution in [0.25, 0.3) is 0 Å². The first-order chi connectivity index (χ1) is 10.2. The Kier molecular flexibility index (Phi) is 5.63. The van der Waals surface area contributed by atoms with E-state index in [0.717, 1.165) is 36.8 Å². The highest BCUT2D eigenvalue weighted by atomic mass is 15.2. The number of hydrogen-bond donors (Lipinski definition) is 1. The summed E-state index contributed by atoms with van der Waals surface area (Å²) < 4.78 is 0. The van der Waals surface area contributed by atoms with Crippen molar-refractivity contribution in [2.75, 3.05) is 11.4 Å². The molecule has 21 heavy (non-hydrogen) atoms. The summed E-state index contributed by atoms with van der Waals surface area (Å²) in [6.07, 6.45) is 5.44. The van der Waals surface area contributed by atoms with Gasteiger partial charge in [-0.25, -0.2) is 4.98 Å². The first-order valence-electron chi connectivity index (χ1n) is 7.38. The first-order valence-corrected chi connectivity index (χ1v) is 7.38. The van der Waals surface area contributed by atoms with Crippen molar-refractivity contribution in [3.05, 3.63) is 48.2 Å². The lowest BCUT2D eigenvalue weighted by atomic mass is 10.3. The Morgan fingerprint density at radius 2 is 2.05 bits per heavy atom. The summed E-state index contributed by atoms with van der Waals surface area (Å²) in [5.41, 5.74) is 1.99. The topological polar surface area (TPSA) is 53.9 Å². The van der Waals surface area contributed by atoms with Crippen LogP contribution in [0.4, 0.5) is 5.82 Å². The Balaban J connectivity index is 2.09. The molecule has 0 unspecified atom stereocenters. The van der Waals surface area contributed by atoms with E-state index in [-0.39, 0.29) is 0 Å². The summed E-state index contributed by atoms with van der Waals surface area (Å²) >= 11 is 0. The lowest BCUT2D eigenvalue weighted by Gasteiger charge is -2.21. The van der Waals surface area contributed by atoms with Gasteiger partial charge in [0.1, 0.15) is 5.82 Å². The summed E-state index contributed by atoms with van der Waals surface area (Å²) in [5.74, 6) is 0.895. The highest BCUT2D eigenvalue weighted by Crippen LogP contribution is 2.12. The molecule has 2 aromatic heterocycles. The van der Waals surface area contributed by atoms with Gasteiger partial charge in [0.15, 0.2) is 0 Å². The van der Waals surface area contributed by atoms with Gasteiger partial charge >= 0.3 is 0 Å². The number of hydrogen-bond acceptors (Lipinski definition) is 5. The molecule has 0 aliphatic carbocycles. The third-order valence-electron chi connectivity index (χ3n) is 3.15. The van der Waals surface area contributed by atoms with Crippen LogP contribution in [0.3, 0.4) is 0 Å². The van der Waals surface area contributed by atoms with Gasteiger partial charge < -0.3 is 10.2 Å². The number of anilines is 1. The van der Waals surface area contributed by atoms with Gasteiger partial charge in [0.2, 0.25) is 0 Å². The standard InChI is InChI=1S/C16H23N5/c1-4-21(12-14-7-5-6-8-18-14)16-11-17-9-15(20-16)10-19-13(2)3/h5-9,11,13,19H,4,10,12H2,1-3H3. The van der Waals surface area contributed by atoms with Crippen LogP contribution in [0.5, 0.6) is 0 Å². The molecule has 2 heterocycles. The lowest BCUT2D eigenvalue weighted by Crippen LogP contribution is -2.26. The van der Waals surface area contributed by atoms with E-state index >= 15 is 0 Å². The molecule has 0 bridgehead atoms. The second-order valence-electron chi connectivity index (χ2n) is 5.24. The van der Waals surface area contributed by atoms with Crippen molar-refractivity contribution in [2.45, 2.75) is 39.9 Å². The molecule has 0 saturated heterocycles. The third-order valence-corrected chi connectivity index (χ3v) is 3.15. The summed E-state index contributed by atoms with van der Waals surface area (Å²) in [6.45, 7) is 8.70. The van der Waals surface area contributed by atoms with Crippen LogP contribution >= 0.6 is 0 Å². The summed E-state index contributed by atoms with van der Waals surface area (Å²) in [6, 6.07) is 6.40. The second kappa shape index (κ2) is 7.69. The van der Waals surface area contributed by atoms with E-state index in [0.29, 0.717) is 6.04 Å². The van der Waals surface area contributed by atoms with Crippen LogP contribution in [0, 0.1) is 0 Å². The Morgan fingerprint density at radius 1 is 1.19 bits per heavy atom. The molecule has 112 valence electrons. The summed E-state index contributed by atoms with van der Waals surface area (Å²) in [4.78, 5) is 15.5. The molecular weight excluding hydrogens is 262 g/mol. The molecule has 0 aliphatic rings. The molecule has 2 aromatic rings. The fourth-order valence-electron chi connectivity index (χ4n) is 1.98. The van der Waals surface area contributed by atoms with Crippen LogP contribution in [-0.2, 0) is 13.1 Å². The van der Waals surface area contributed by atoms with E-state index in [9.17, 15) is 0 Å². The summed E-state index contributed by atoms with van der Waals surface area (Å²) in [5, 5.41) is 3.36. The fourth-order valence-corrected chi connectivity index (χ4v) is 1.98. The van der Waals surface area contributed by atoms with Crippen molar-refractivity contribution in [3.63, 3.8) is 0 Å². The smallest absolute Gasteiger partial charge is 0.147 e. The molecule has 1 N–H and O–H groups in total. The number of aromatic nitrogens is 3. The van der Waals surface area contributed by atoms with Gasteiger partial charge in [0.25, 0.3) is 0 Å². The monoisotopic (exact) mass is 285 g/mol. The highest BCUT2D eigenvalue weighted by Gasteiger charge is 2.09. The fraction of sp³-hybridized carbons (Fsp3) is 0.438. The molecular formula is C16H23N5. The van der Waals surface area contributed by atoms with Gasteiger partial charge in [-0.1, -0.05) is 19.9 Å². The molecule has 2 rings (SSSR count). The van der Waals surface area contributed by atoms with Crippen LogP contribution in [0.15, 0.2) is 36.8 Å². The molecule has 0 radical (unpaired) electrons. The van der Waals surface area contributed by atoms with Crippen LogP contribution in [0.1, 0.15) is 32.2 Å². The molecule has 5 nitrogen and oxygen atoms in total. The van der Waals surface area contributed by atoms with E-state index in [2.05, 4.69) is 45.9 Å². The largest absolute Gasteiger partial charge is 0.350 e. The van der Waals surface area contributed by atoms with Crippen molar-refractivity contribution >= 4 is 5.82 Å². The predicted octanol–water partition coefficient (Wildman–Crippen LogP) is 2.40. The van der Waals surface area contributed by atoms with E-state index in [1.54, 1.807) is 0 Å². The second-order valence-corrected chi connectivity index (χ2v) is 5.24.